The maximum absolute atomic E-state index is 11.3. The number of amides is 1. The first-order valence-corrected chi connectivity index (χ1v) is 9.47. The molecule has 0 unspecified atom stereocenters. The molecule has 0 radical (unpaired) electrons. The first kappa shape index (κ1) is 21.2. The monoisotopic (exact) mass is 309 g/mol. The van der Waals surface area contributed by atoms with E-state index in [1.807, 2.05) is 0 Å². The molecule has 0 saturated heterocycles. The van der Waals surface area contributed by atoms with Crippen LogP contribution in [-0.4, -0.2) is 12.5 Å². The van der Waals surface area contributed by atoms with Crippen molar-refractivity contribution in [3.05, 3.63) is 12.2 Å². The molecule has 0 aromatic rings. The quantitative estimate of drug-likeness (QED) is 0.291. The number of nitrogens with one attached hydrogen (secondary N) is 1. The van der Waals surface area contributed by atoms with Crippen molar-refractivity contribution in [3.8, 4) is 0 Å². The number of unbranched alkanes of at least 4 members (excludes halogenated alkanes) is 10. The zero-order valence-corrected chi connectivity index (χ0v) is 15.4. The van der Waals surface area contributed by atoms with Gasteiger partial charge in [0.25, 0.3) is 0 Å². The van der Waals surface area contributed by atoms with E-state index in [2.05, 4.69) is 25.7 Å². The Hall–Kier alpha value is -0.790. The Labute approximate surface area is 139 Å². The SMILES string of the molecule is C=C(C)C(=O)NCCCCCCCCCCCCCC(C)C. The number of hydrogen-bond donors (Lipinski definition) is 1. The summed E-state index contributed by atoms with van der Waals surface area (Å²) >= 11 is 0. The Bertz CT molecular complexity index is 283. The minimum atomic E-state index is -0.00612. The Balaban J connectivity index is 3.08. The van der Waals surface area contributed by atoms with Gasteiger partial charge in [-0.15, -0.1) is 0 Å². The summed E-state index contributed by atoms with van der Waals surface area (Å²) in [7, 11) is 0. The lowest BCUT2D eigenvalue weighted by Crippen LogP contribution is -2.24. The molecule has 0 aromatic heterocycles. The minimum absolute atomic E-state index is 0.00612. The molecule has 0 fully saturated rings. The van der Waals surface area contributed by atoms with Gasteiger partial charge in [-0.3, -0.25) is 4.79 Å². The lowest BCUT2D eigenvalue weighted by Gasteiger charge is -2.05. The summed E-state index contributed by atoms with van der Waals surface area (Å²) in [6.07, 6.45) is 16.2. The Morgan fingerprint density at radius 2 is 1.23 bits per heavy atom. The lowest BCUT2D eigenvalue weighted by molar-refractivity contribution is -0.117. The van der Waals surface area contributed by atoms with Gasteiger partial charge < -0.3 is 5.32 Å². The van der Waals surface area contributed by atoms with Crippen LogP contribution in [0.3, 0.4) is 0 Å². The largest absolute Gasteiger partial charge is 0.352 e. The number of carbonyl (C=O) groups excluding carboxylic acids is 1. The number of hydrogen-bond acceptors (Lipinski definition) is 1. The van der Waals surface area contributed by atoms with E-state index in [9.17, 15) is 4.79 Å². The maximum atomic E-state index is 11.3. The van der Waals surface area contributed by atoms with E-state index in [0.717, 1.165) is 18.9 Å². The van der Waals surface area contributed by atoms with Crippen molar-refractivity contribution in [2.45, 2.75) is 97.8 Å². The molecule has 2 nitrogen and oxygen atoms in total. The summed E-state index contributed by atoms with van der Waals surface area (Å²) in [5.41, 5.74) is 0.601. The van der Waals surface area contributed by atoms with Crippen molar-refractivity contribution in [2.24, 2.45) is 5.92 Å². The molecule has 22 heavy (non-hydrogen) atoms. The van der Waals surface area contributed by atoms with Gasteiger partial charge in [-0.25, -0.2) is 0 Å². The molecule has 130 valence electrons. The minimum Gasteiger partial charge on any atom is -0.352 e. The highest BCUT2D eigenvalue weighted by Crippen LogP contribution is 2.13. The highest BCUT2D eigenvalue weighted by molar-refractivity contribution is 5.91. The first-order valence-electron chi connectivity index (χ1n) is 9.47. The lowest BCUT2D eigenvalue weighted by atomic mass is 10.0. The molecule has 0 saturated carbocycles. The van der Waals surface area contributed by atoms with E-state index in [4.69, 9.17) is 0 Å². The summed E-state index contributed by atoms with van der Waals surface area (Å²) in [6, 6.07) is 0. The normalized spacial score (nSPS) is 10.9. The second kappa shape index (κ2) is 15.1. The van der Waals surface area contributed by atoms with Crippen LogP contribution in [-0.2, 0) is 4.79 Å². The van der Waals surface area contributed by atoms with Gasteiger partial charge in [-0.2, -0.15) is 0 Å². The summed E-state index contributed by atoms with van der Waals surface area (Å²) in [4.78, 5) is 11.3. The third-order valence-electron chi connectivity index (χ3n) is 4.13. The van der Waals surface area contributed by atoms with Crippen LogP contribution in [0.1, 0.15) is 97.8 Å². The van der Waals surface area contributed by atoms with Crippen LogP contribution >= 0.6 is 0 Å². The van der Waals surface area contributed by atoms with Gasteiger partial charge in [0.2, 0.25) is 5.91 Å². The van der Waals surface area contributed by atoms with Gasteiger partial charge >= 0.3 is 0 Å². The van der Waals surface area contributed by atoms with Crippen molar-refractivity contribution in [2.75, 3.05) is 6.54 Å². The molecule has 0 atom stereocenters. The van der Waals surface area contributed by atoms with E-state index < -0.39 is 0 Å². The average molecular weight is 310 g/mol. The molecule has 0 bridgehead atoms. The van der Waals surface area contributed by atoms with Gasteiger partial charge in [-0.1, -0.05) is 91.1 Å². The predicted octanol–water partition coefficient (Wildman–Crippen LogP) is 6.02. The number of carbonyl (C=O) groups is 1. The third kappa shape index (κ3) is 15.6. The molecule has 0 rings (SSSR count). The van der Waals surface area contributed by atoms with E-state index in [0.29, 0.717) is 5.57 Å². The standard InChI is InChI=1S/C20H39NO/c1-18(2)16-14-12-10-8-6-5-7-9-11-13-15-17-21-20(22)19(3)4/h18H,3,5-17H2,1-2,4H3,(H,21,22). The van der Waals surface area contributed by atoms with Crippen LogP contribution in [0.5, 0.6) is 0 Å². The zero-order chi connectivity index (χ0) is 16.6. The average Bonchev–Trinajstić information content (AvgIpc) is 2.46. The predicted molar refractivity (Wildman–Crippen MR) is 98.1 cm³/mol. The number of rotatable bonds is 15. The molecule has 1 amide bonds. The molecular formula is C20H39NO. The molecule has 0 aliphatic rings. The van der Waals surface area contributed by atoms with Gasteiger partial charge in [0.05, 0.1) is 0 Å². The first-order chi connectivity index (χ1) is 10.5. The van der Waals surface area contributed by atoms with Crippen molar-refractivity contribution in [1.29, 1.82) is 0 Å². The van der Waals surface area contributed by atoms with Gasteiger partial charge in [0.1, 0.15) is 0 Å². The molecular weight excluding hydrogens is 270 g/mol. The fraction of sp³-hybridized carbons (Fsp3) is 0.850. The van der Waals surface area contributed by atoms with Crippen LogP contribution in [0, 0.1) is 5.92 Å². The van der Waals surface area contributed by atoms with E-state index >= 15 is 0 Å². The van der Waals surface area contributed by atoms with Crippen molar-refractivity contribution in [1.82, 2.24) is 5.32 Å². The molecule has 0 aliphatic carbocycles. The van der Waals surface area contributed by atoms with Gasteiger partial charge in [-0.05, 0) is 19.3 Å². The van der Waals surface area contributed by atoms with E-state index in [1.165, 1.54) is 70.6 Å². The molecule has 0 spiro atoms. The molecule has 0 aliphatic heterocycles. The van der Waals surface area contributed by atoms with Crippen LogP contribution in [0.4, 0.5) is 0 Å². The van der Waals surface area contributed by atoms with E-state index in [1.54, 1.807) is 6.92 Å². The zero-order valence-electron chi connectivity index (χ0n) is 15.4. The summed E-state index contributed by atoms with van der Waals surface area (Å²) in [5, 5.41) is 2.89. The highest BCUT2D eigenvalue weighted by Gasteiger charge is 1.99. The smallest absolute Gasteiger partial charge is 0.246 e. The van der Waals surface area contributed by atoms with Crippen LogP contribution in [0.2, 0.25) is 0 Å². The van der Waals surface area contributed by atoms with Crippen molar-refractivity contribution >= 4 is 5.91 Å². The Morgan fingerprint density at radius 1 is 0.818 bits per heavy atom. The second-order valence-electron chi connectivity index (χ2n) is 7.11. The summed E-state index contributed by atoms with van der Waals surface area (Å²) in [6.45, 7) is 10.8. The summed E-state index contributed by atoms with van der Waals surface area (Å²) < 4.78 is 0. The van der Waals surface area contributed by atoms with Crippen molar-refractivity contribution in [3.63, 3.8) is 0 Å². The van der Waals surface area contributed by atoms with Crippen molar-refractivity contribution < 1.29 is 4.79 Å². The van der Waals surface area contributed by atoms with Crippen LogP contribution in [0.15, 0.2) is 12.2 Å². The summed E-state index contributed by atoms with van der Waals surface area (Å²) in [5.74, 6) is 0.863. The van der Waals surface area contributed by atoms with E-state index in [-0.39, 0.29) is 5.91 Å². The highest BCUT2D eigenvalue weighted by atomic mass is 16.1. The fourth-order valence-corrected chi connectivity index (χ4v) is 2.62. The molecule has 1 N–H and O–H groups in total. The van der Waals surface area contributed by atoms with Gasteiger partial charge in [0.15, 0.2) is 0 Å². The molecule has 0 heterocycles. The molecule has 0 aromatic carbocycles. The fourth-order valence-electron chi connectivity index (χ4n) is 2.62. The second-order valence-corrected chi connectivity index (χ2v) is 7.11. The van der Waals surface area contributed by atoms with Crippen LogP contribution < -0.4 is 5.32 Å². The Kier molecular flexibility index (Phi) is 14.6. The topological polar surface area (TPSA) is 29.1 Å². The third-order valence-corrected chi connectivity index (χ3v) is 4.13. The Morgan fingerprint density at radius 3 is 1.64 bits per heavy atom. The molecule has 2 heteroatoms. The van der Waals surface area contributed by atoms with Gasteiger partial charge in [0, 0.05) is 12.1 Å². The van der Waals surface area contributed by atoms with Crippen LogP contribution in [0.25, 0.3) is 0 Å². The maximum Gasteiger partial charge on any atom is 0.246 e.